The Balaban J connectivity index is 1.87. The van der Waals surface area contributed by atoms with E-state index in [0.717, 1.165) is 23.1 Å². The standard InChI is InChI=1S/C15H17N5/c1-11(2)16-7-12-8-17-15(18-9-12)20-10-19-13-5-3-4-6-14(13)20/h3-6,8-11,16H,7H2,1-2H3. The molecule has 0 radical (unpaired) electrons. The minimum atomic E-state index is 0.451. The lowest BCUT2D eigenvalue weighted by atomic mass is 10.3. The normalized spacial score (nSPS) is 11.3. The molecule has 0 atom stereocenters. The maximum atomic E-state index is 4.42. The van der Waals surface area contributed by atoms with Crippen LogP contribution < -0.4 is 5.32 Å². The van der Waals surface area contributed by atoms with Crippen molar-refractivity contribution in [1.29, 1.82) is 0 Å². The smallest absolute Gasteiger partial charge is 0.235 e. The number of nitrogens with one attached hydrogen (secondary N) is 1. The molecule has 5 nitrogen and oxygen atoms in total. The van der Waals surface area contributed by atoms with Crippen molar-refractivity contribution in [3.63, 3.8) is 0 Å². The monoisotopic (exact) mass is 267 g/mol. The Morgan fingerprint density at radius 2 is 1.85 bits per heavy atom. The molecule has 0 saturated carbocycles. The summed E-state index contributed by atoms with van der Waals surface area (Å²) in [6, 6.07) is 8.40. The van der Waals surface area contributed by atoms with E-state index in [0.29, 0.717) is 12.0 Å². The number of nitrogens with zero attached hydrogens (tertiary/aromatic N) is 4. The molecule has 3 aromatic rings. The van der Waals surface area contributed by atoms with Crippen LogP contribution in [0.5, 0.6) is 0 Å². The number of fused-ring (bicyclic) bond motifs is 1. The summed E-state index contributed by atoms with van der Waals surface area (Å²) in [5.41, 5.74) is 3.04. The highest BCUT2D eigenvalue weighted by Crippen LogP contribution is 2.14. The molecule has 2 aromatic heterocycles. The molecule has 0 unspecified atom stereocenters. The highest BCUT2D eigenvalue weighted by molar-refractivity contribution is 5.76. The van der Waals surface area contributed by atoms with Crippen LogP contribution in [0.1, 0.15) is 19.4 Å². The third-order valence-corrected chi connectivity index (χ3v) is 3.08. The molecule has 0 saturated heterocycles. The van der Waals surface area contributed by atoms with Gasteiger partial charge in [-0.3, -0.25) is 4.57 Å². The lowest BCUT2D eigenvalue weighted by Gasteiger charge is -2.08. The van der Waals surface area contributed by atoms with Crippen molar-refractivity contribution < 1.29 is 0 Å². The molecule has 0 fully saturated rings. The van der Waals surface area contributed by atoms with Gasteiger partial charge in [-0.15, -0.1) is 0 Å². The first kappa shape index (κ1) is 12.7. The Morgan fingerprint density at radius 3 is 2.60 bits per heavy atom. The number of para-hydroxylation sites is 2. The molecule has 1 aromatic carbocycles. The van der Waals surface area contributed by atoms with Crippen molar-refractivity contribution in [2.45, 2.75) is 26.4 Å². The molecule has 0 aliphatic carbocycles. The zero-order chi connectivity index (χ0) is 13.9. The van der Waals surface area contributed by atoms with Crippen LogP contribution in [0.3, 0.4) is 0 Å². The number of aromatic nitrogens is 4. The van der Waals surface area contributed by atoms with Crippen LogP contribution >= 0.6 is 0 Å². The Hall–Kier alpha value is -2.27. The molecule has 3 rings (SSSR count). The van der Waals surface area contributed by atoms with Gasteiger partial charge in [-0.2, -0.15) is 0 Å². The second-order valence-electron chi connectivity index (χ2n) is 5.03. The van der Waals surface area contributed by atoms with Gasteiger partial charge in [-0.25, -0.2) is 15.0 Å². The molecule has 0 spiro atoms. The van der Waals surface area contributed by atoms with Crippen LogP contribution in [0.4, 0.5) is 0 Å². The summed E-state index contributed by atoms with van der Waals surface area (Å²) in [6.07, 6.45) is 5.46. The second kappa shape index (κ2) is 5.38. The zero-order valence-electron chi connectivity index (χ0n) is 11.6. The topological polar surface area (TPSA) is 55.6 Å². The highest BCUT2D eigenvalue weighted by Gasteiger charge is 2.06. The fourth-order valence-electron chi connectivity index (χ4n) is 2.00. The van der Waals surface area contributed by atoms with E-state index in [4.69, 9.17) is 0 Å². The molecular formula is C15H17N5. The first-order valence-electron chi connectivity index (χ1n) is 6.71. The quantitative estimate of drug-likeness (QED) is 0.788. The van der Waals surface area contributed by atoms with Crippen LogP contribution in [-0.4, -0.2) is 25.6 Å². The number of hydrogen-bond donors (Lipinski definition) is 1. The van der Waals surface area contributed by atoms with Crippen molar-refractivity contribution in [2.24, 2.45) is 0 Å². The van der Waals surface area contributed by atoms with Crippen molar-refractivity contribution in [3.05, 3.63) is 48.5 Å². The van der Waals surface area contributed by atoms with Crippen molar-refractivity contribution >= 4 is 11.0 Å². The van der Waals surface area contributed by atoms with Crippen molar-refractivity contribution in [3.8, 4) is 5.95 Å². The maximum absolute atomic E-state index is 4.42. The summed E-state index contributed by atoms with van der Waals surface area (Å²) < 4.78 is 1.90. The SMILES string of the molecule is CC(C)NCc1cnc(-n2cnc3ccccc32)nc1. The summed E-state index contributed by atoms with van der Waals surface area (Å²) in [5, 5.41) is 3.35. The minimum absolute atomic E-state index is 0.451. The van der Waals surface area contributed by atoms with Crippen molar-refractivity contribution in [2.75, 3.05) is 0 Å². The van der Waals surface area contributed by atoms with Gasteiger partial charge in [0, 0.05) is 30.5 Å². The van der Waals surface area contributed by atoms with E-state index in [1.807, 2.05) is 41.2 Å². The number of imidazole rings is 1. The van der Waals surface area contributed by atoms with Crippen LogP contribution in [0.15, 0.2) is 43.0 Å². The predicted octanol–water partition coefficient (Wildman–Crippen LogP) is 2.31. The molecule has 5 heteroatoms. The molecule has 102 valence electrons. The second-order valence-corrected chi connectivity index (χ2v) is 5.03. The summed E-state index contributed by atoms with van der Waals surface area (Å²) in [4.78, 5) is 13.2. The van der Waals surface area contributed by atoms with Gasteiger partial charge in [0.15, 0.2) is 0 Å². The van der Waals surface area contributed by atoms with E-state index in [1.54, 1.807) is 6.33 Å². The Labute approximate surface area is 117 Å². The van der Waals surface area contributed by atoms with Gasteiger partial charge in [-0.1, -0.05) is 26.0 Å². The molecule has 0 aliphatic heterocycles. The average Bonchev–Trinajstić information content (AvgIpc) is 2.89. The van der Waals surface area contributed by atoms with Crippen LogP contribution in [-0.2, 0) is 6.54 Å². The van der Waals surface area contributed by atoms with Gasteiger partial charge in [0.05, 0.1) is 11.0 Å². The summed E-state index contributed by atoms with van der Waals surface area (Å²) in [7, 11) is 0. The third-order valence-electron chi connectivity index (χ3n) is 3.08. The van der Waals surface area contributed by atoms with E-state index >= 15 is 0 Å². The van der Waals surface area contributed by atoms with Gasteiger partial charge in [-0.05, 0) is 12.1 Å². The highest BCUT2D eigenvalue weighted by atomic mass is 15.2. The van der Waals surface area contributed by atoms with Crippen molar-refractivity contribution in [1.82, 2.24) is 24.8 Å². The van der Waals surface area contributed by atoms with E-state index < -0.39 is 0 Å². The summed E-state index contributed by atoms with van der Waals surface area (Å²) >= 11 is 0. The fraction of sp³-hybridized carbons (Fsp3) is 0.267. The number of rotatable bonds is 4. The molecule has 20 heavy (non-hydrogen) atoms. The van der Waals surface area contributed by atoms with Gasteiger partial charge in [0.25, 0.3) is 0 Å². The largest absolute Gasteiger partial charge is 0.310 e. The Morgan fingerprint density at radius 1 is 1.10 bits per heavy atom. The Bertz CT molecular complexity index is 700. The van der Waals surface area contributed by atoms with E-state index in [-0.39, 0.29) is 0 Å². The lowest BCUT2D eigenvalue weighted by molar-refractivity contribution is 0.586. The molecule has 0 aliphatic rings. The third kappa shape index (κ3) is 2.53. The Kier molecular flexibility index (Phi) is 3.43. The number of hydrogen-bond acceptors (Lipinski definition) is 4. The fourth-order valence-corrected chi connectivity index (χ4v) is 2.00. The summed E-state index contributed by atoms with van der Waals surface area (Å²) in [6.45, 7) is 5.02. The van der Waals surface area contributed by atoms with E-state index in [2.05, 4.69) is 34.1 Å². The molecular weight excluding hydrogens is 250 g/mol. The van der Waals surface area contributed by atoms with E-state index in [1.165, 1.54) is 0 Å². The van der Waals surface area contributed by atoms with E-state index in [9.17, 15) is 0 Å². The first-order chi connectivity index (χ1) is 9.74. The van der Waals surface area contributed by atoms with Gasteiger partial charge in [0.1, 0.15) is 6.33 Å². The lowest BCUT2D eigenvalue weighted by Crippen LogP contribution is -2.22. The first-order valence-corrected chi connectivity index (χ1v) is 6.71. The van der Waals surface area contributed by atoms with Crippen LogP contribution in [0.2, 0.25) is 0 Å². The van der Waals surface area contributed by atoms with Gasteiger partial charge in [0.2, 0.25) is 5.95 Å². The number of benzene rings is 1. The molecule has 0 bridgehead atoms. The molecule has 2 heterocycles. The average molecular weight is 267 g/mol. The molecule has 0 amide bonds. The minimum Gasteiger partial charge on any atom is -0.310 e. The maximum Gasteiger partial charge on any atom is 0.235 e. The van der Waals surface area contributed by atoms with Crippen LogP contribution in [0.25, 0.3) is 17.0 Å². The zero-order valence-corrected chi connectivity index (χ0v) is 11.6. The molecule has 1 N–H and O–H groups in total. The summed E-state index contributed by atoms with van der Waals surface area (Å²) in [5.74, 6) is 0.645. The van der Waals surface area contributed by atoms with Gasteiger partial charge < -0.3 is 5.32 Å². The predicted molar refractivity (Wildman–Crippen MR) is 78.6 cm³/mol. The van der Waals surface area contributed by atoms with Gasteiger partial charge >= 0.3 is 0 Å². The van der Waals surface area contributed by atoms with Crippen LogP contribution in [0, 0.1) is 0 Å².